The predicted molar refractivity (Wildman–Crippen MR) is 108 cm³/mol. The fourth-order valence-corrected chi connectivity index (χ4v) is 3.12. The largest absolute Gasteiger partial charge is 0.336 e. The number of anilines is 1. The molecule has 1 heterocycles. The van der Waals surface area contributed by atoms with Crippen LogP contribution in [0.3, 0.4) is 0 Å². The molecule has 1 saturated heterocycles. The zero-order valence-electron chi connectivity index (χ0n) is 16.1. The molecule has 1 N–H and O–H groups in total. The Hall–Kier alpha value is -3.86. The van der Waals surface area contributed by atoms with Crippen LogP contribution >= 0.6 is 0 Å². The number of amides is 2. The second-order valence-electron chi connectivity index (χ2n) is 6.81. The Balaban J connectivity index is 1.87. The third-order valence-corrected chi connectivity index (χ3v) is 4.83. The maximum absolute atomic E-state index is 12.9. The average Bonchev–Trinajstić information content (AvgIpc) is 2.73. The number of hydrogen-bond donors (Lipinski definition) is 1. The quantitative estimate of drug-likeness (QED) is 0.585. The summed E-state index contributed by atoms with van der Waals surface area (Å²) in [7, 11) is 1.97. The lowest BCUT2D eigenvalue weighted by atomic mass is 10.1. The van der Waals surface area contributed by atoms with E-state index in [1.54, 1.807) is 23.1 Å². The zero-order chi connectivity index (χ0) is 21.8. The summed E-state index contributed by atoms with van der Waals surface area (Å²) in [6.45, 7) is 2.56. The highest BCUT2D eigenvalue weighted by Gasteiger charge is 2.26. The van der Waals surface area contributed by atoms with E-state index in [0.29, 0.717) is 13.1 Å². The number of carbonyl (C=O) groups is 2. The number of piperazine rings is 1. The summed E-state index contributed by atoms with van der Waals surface area (Å²) in [5.41, 5.74) is -1.06. The van der Waals surface area contributed by atoms with Crippen molar-refractivity contribution in [2.24, 2.45) is 0 Å². The smallest absolute Gasteiger partial charge is 0.289 e. The van der Waals surface area contributed by atoms with Gasteiger partial charge in [0.1, 0.15) is 5.56 Å². The number of likely N-dealkylation sites (N-methyl/N-ethyl adjacent to an activating group) is 1. The molecule has 0 saturated carbocycles. The molecular weight excluding hydrogens is 394 g/mol. The van der Waals surface area contributed by atoms with Crippen LogP contribution in [0.15, 0.2) is 42.5 Å². The van der Waals surface area contributed by atoms with Gasteiger partial charge in [0.05, 0.1) is 27.2 Å². The van der Waals surface area contributed by atoms with Crippen LogP contribution in [0, 0.1) is 20.2 Å². The first-order valence-electron chi connectivity index (χ1n) is 9.09. The molecule has 1 aliphatic rings. The molecule has 2 aromatic rings. The van der Waals surface area contributed by atoms with Gasteiger partial charge in [-0.15, -0.1) is 0 Å². The van der Waals surface area contributed by atoms with E-state index in [2.05, 4.69) is 10.2 Å². The number of hydrogen-bond acceptors (Lipinski definition) is 7. The Morgan fingerprint density at radius 2 is 1.60 bits per heavy atom. The second-order valence-corrected chi connectivity index (χ2v) is 6.81. The molecule has 0 aromatic heterocycles. The van der Waals surface area contributed by atoms with Crippen molar-refractivity contribution in [1.82, 2.24) is 9.80 Å². The van der Waals surface area contributed by atoms with Gasteiger partial charge in [0.15, 0.2) is 0 Å². The molecule has 156 valence electrons. The summed E-state index contributed by atoms with van der Waals surface area (Å²) in [4.78, 5) is 49.9. The first kappa shape index (κ1) is 20.9. The van der Waals surface area contributed by atoms with Crippen molar-refractivity contribution in [3.8, 4) is 0 Å². The number of nitrogens with one attached hydrogen (secondary N) is 1. The third-order valence-electron chi connectivity index (χ3n) is 4.83. The first-order valence-corrected chi connectivity index (χ1v) is 9.09. The van der Waals surface area contributed by atoms with Gasteiger partial charge in [-0.25, -0.2) is 0 Å². The minimum Gasteiger partial charge on any atom is -0.336 e. The van der Waals surface area contributed by atoms with Gasteiger partial charge in [0.25, 0.3) is 23.2 Å². The van der Waals surface area contributed by atoms with E-state index in [0.717, 1.165) is 31.3 Å². The fourth-order valence-electron chi connectivity index (χ4n) is 3.12. The number of carbonyl (C=O) groups excluding carboxylic acids is 2. The second kappa shape index (κ2) is 8.66. The molecule has 0 unspecified atom stereocenters. The first-order chi connectivity index (χ1) is 14.3. The topological polar surface area (TPSA) is 139 Å². The van der Waals surface area contributed by atoms with Crippen molar-refractivity contribution in [1.29, 1.82) is 0 Å². The lowest BCUT2D eigenvalue weighted by Gasteiger charge is -2.32. The van der Waals surface area contributed by atoms with Crippen LogP contribution in [0.5, 0.6) is 0 Å². The number of non-ortho nitro benzene ring substituents is 1. The highest BCUT2D eigenvalue weighted by Crippen LogP contribution is 2.26. The summed E-state index contributed by atoms with van der Waals surface area (Å²) in [6.07, 6.45) is 0. The van der Waals surface area contributed by atoms with Gasteiger partial charge in [0, 0.05) is 32.2 Å². The molecule has 1 fully saturated rings. The van der Waals surface area contributed by atoms with E-state index in [4.69, 9.17) is 0 Å². The maximum atomic E-state index is 12.9. The highest BCUT2D eigenvalue weighted by molar-refractivity contribution is 6.10. The van der Waals surface area contributed by atoms with Gasteiger partial charge >= 0.3 is 0 Å². The number of benzene rings is 2. The Bertz CT molecular complexity index is 1020. The van der Waals surface area contributed by atoms with Crippen molar-refractivity contribution in [3.63, 3.8) is 0 Å². The van der Waals surface area contributed by atoms with Gasteiger partial charge in [-0.3, -0.25) is 29.8 Å². The van der Waals surface area contributed by atoms with Gasteiger partial charge in [0.2, 0.25) is 0 Å². The van der Waals surface area contributed by atoms with Crippen LogP contribution in [-0.2, 0) is 0 Å². The molecule has 0 aliphatic carbocycles. The highest BCUT2D eigenvalue weighted by atomic mass is 16.6. The predicted octanol–water partition coefficient (Wildman–Crippen LogP) is 2.14. The number of rotatable bonds is 5. The van der Waals surface area contributed by atoms with Crippen molar-refractivity contribution in [2.45, 2.75) is 0 Å². The molecule has 1 aliphatic heterocycles. The summed E-state index contributed by atoms with van der Waals surface area (Å²) in [5, 5.41) is 24.7. The number of para-hydroxylation sites is 1. The molecule has 2 aromatic carbocycles. The Morgan fingerprint density at radius 3 is 2.23 bits per heavy atom. The van der Waals surface area contributed by atoms with E-state index in [9.17, 15) is 29.8 Å². The van der Waals surface area contributed by atoms with E-state index >= 15 is 0 Å². The van der Waals surface area contributed by atoms with Crippen LogP contribution in [0.2, 0.25) is 0 Å². The molecular formula is C19H19N5O6. The van der Waals surface area contributed by atoms with Crippen molar-refractivity contribution in [3.05, 3.63) is 73.8 Å². The molecule has 2 amide bonds. The molecule has 11 nitrogen and oxygen atoms in total. The van der Waals surface area contributed by atoms with Gasteiger partial charge < -0.3 is 15.1 Å². The summed E-state index contributed by atoms with van der Waals surface area (Å²) in [5.74, 6) is -1.09. The standard InChI is InChI=1S/C19H19N5O6/c1-21-8-10-22(11-9-21)19(26)14-4-2-3-5-16(14)20-18(25)15-7-6-13(23(27)28)12-17(15)24(29)30/h2-7,12H,8-11H2,1H3,(H,20,25). The van der Waals surface area contributed by atoms with Crippen molar-refractivity contribution in [2.75, 3.05) is 38.5 Å². The number of nitro groups is 2. The van der Waals surface area contributed by atoms with E-state index in [-0.39, 0.29) is 22.7 Å². The molecule has 0 radical (unpaired) electrons. The van der Waals surface area contributed by atoms with E-state index in [1.165, 1.54) is 6.07 Å². The van der Waals surface area contributed by atoms with Crippen LogP contribution in [0.1, 0.15) is 20.7 Å². The monoisotopic (exact) mass is 413 g/mol. The average molecular weight is 413 g/mol. The van der Waals surface area contributed by atoms with E-state index in [1.807, 2.05) is 7.05 Å². The van der Waals surface area contributed by atoms with Crippen LogP contribution in [0.25, 0.3) is 0 Å². The van der Waals surface area contributed by atoms with Crippen LogP contribution in [-0.4, -0.2) is 64.7 Å². The summed E-state index contributed by atoms with van der Waals surface area (Å²) < 4.78 is 0. The molecule has 3 rings (SSSR count). The Kier molecular flexibility index (Phi) is 6.02. The zero-order valence-corrected chi connectivity index (χ0v) is 16.1. The number of nitrogens with zero attached hydrogens (tertiary/aromatic N) is 4. The lowest BCUT2D eigenvalue weighted by molar-refractivity contribution is -0.394. The molecule has 0 spiro atoms. The molecule has 0 bridgehead atoms. The summed E-state index contributed by atoms with van der Waals surface area (Å²) in [6, 6.07) is 9.16. The van der Waals surface area contributed by atoms with Gasteiger partial charge in [-0.1, -0.05) is 12.1 Å². The van der Waals surface area contributed by atoms with Gasteiger partial charge in [-0.2, -0.15) is 0 Å². The normalized spacial score (nSPS) is 14.2. The molecule has 11 heteroatoms. The lowest BCUT2D eigenvalue weighted by Crippen LogP contribution is -2.47. The third kappa shape index (κ3) is 4.41. The fraction of sp³-hybridized carbons (Fsp3) is 0.263. The molecule has 30 heavy (non-hydrogen) atoms. The van der Waals surface area contributed by atoms with Crippen LogP contribution < -0.4 is 5.32 Å². The summed E-state index contributed by atoms with van der Waals surface area (Å²) >= 11 is 0. The molecule has 0 atom stereocenters. The minimum absolute atomic E-state index is 0.207. The SMILES string of the molecule is CN1CCN(C(=O)c2ccccc2NC(=O)c2ccc([N+](=O)[O-])cc2[N+](=O)[O-])CC1. The Labute approximate surface area is 171 Å². The van der Waals surface area contributed by atoms with Gasteiger partial charge in [-0.05, 0) is 25.2 Å². The van der Waals surface area contributed by atoms with E-state index < -0.39 is 27.1 Å². The van der Waals surface area contributed by atoms with Crippen molar-refractivity contribution < 1.29 is 19.4 Å². The number of nitro benzene ring substituents is 2. The van der Waals surface area contributed by atoms with Crippen LogP contribution in [0.4, 0.5) is 17.1 Å². The van der Waals surface area contributed by atoms with Crippen molar-refractivity contribution >= 4 is 28.9 Å². The Morgan fingerprint density at radius 1 is 0.933 bits per heavy atom. The maximum Gasteiger partial charge on any atom is 0.289 e. The minimum atomic E-state index is -0.858.